The fourth-order valence-electron chi connectivity index (χ4n) is 4.40. The molecular formula is C25H21Cl3N2O2S. The molecule has 33 heavy (non-hydrogen) atoms. The van der Waals surface area contributed by atoms with Crippen molar-refractivity contribution in [1.82, 2.24) is 9.80 Å². The van der Waals surface area contributed by atoms with Gasteiger partial charge < -0.3 is 9.80 Å². The Labute approximate surface area is 211 Å². The molecule has 0 N–H and O–H groups in total. The topological polar surface area (TPSA) is 40.6 Å². The van der Waals surface area contributed by atoms with Crippen molar-refractivity contribution in [3.05, 3.63) is 90.5 Å². The highest BCUT2D eigenvalue weighted by Crippen LogP contribution is 2.39. The molecule has 1 aromatic heterocycles. The van der Waals surface area contributed by atoms with Crippen LogP contribution in [-0.4, -0.2) is 40.7 Å². The Morgan fingerprint density at radius 1 is 1.00 bits per heavy atom. The van der Waals surface area contributed by atoms with E-state index in [0.717, 1.165) is 30.4 Å². The van der Waals surface area contributed by atoms with Crippen molar-refractivity contribution >= 4 is 58.0 Å². The summed E-state index contributed by atoms with van der Waals surface area (Å²) in [5, 5.41) is 3.49. The van der Waals surface area contributed by atoms with Crippen LogP contribution < -0.4 is 0 Å². The van der Waals surface area contributed by atoms with Crippen LogP contribution in [0.3, 0.4) is 0 Å². The van der Waals surface area contributed by atoms with E-state index in [1.807, 2.05) is 29.2 Å². The summed E-state index contributed by atoms with van der Waals surface area (Å²) in [4.78, 5) is 31.8. The van der Waals surface area contributed by atoms with Crippen molar-refractivity contribution in [2.75, 3.05) is 13.1 Å². The zero-order valence-electron chi connectivity index (χ0n) is 17.6. The molecule has 2 aromatic carbocycles. The first kappa shape index (κ1) is 22.7. The monoisotopic (exact) mass is 518 g/mol. The van der Waals surface area contributed by atoms with Crippen LogP contribution in [0.4, 0.5) is 0 Å². The Kier molecular flexibility index (Phi) is 6.41. The maximum absolute atomic E-state index is 13.7. The third-order valence-electron chi connectivity index (χ3n) is 6.19. The predicted molar refractivity (Wildman–Crippen MR) is 134 cm³/mol. The Morgan fingerprint density at radius 3 is 2.42 bits per heavy atom. The van der Waals surface area contributed by atoms with E-state index in [1.54, 1.807) is 34.4 Å². The molecule has 2 amide bonds. The lowest BCUT2D eigenvalue weighted by Gasteiger charge is -2.37. The molecule has 1 aliphatic carbocycles. The van der Waals surface area contributed by atoms with Crippen LogP contribution in [0.1, 0.15) is 45.2 Å². The number of hydrogen-bond donors (Lipinski definition) is 0. The van der Waals surface area contributed by atoms with Crippen molar-refractivity contribution < 1.29 is 9.59 Å². The smallest absolute Gasteiger partial charge is 0.256 e. The van der Waals surface area contributed by atoms with Crippen LogP contribution >= 0.6 is 46.1 Å². The van der Waals surface area contributed by atoms with Crippen LogP contribution in [0.5, 0.6) is 0 Å². The number of carbonyl (C=O) groups excluding carboxylic acids is 2. The Hall–Kier alpha value is -2.05. The summed E-state index contributed by atoms with van der Waals surface area (Å²) in [6, 6.07) is 14.4. The van der Waals surface area contributed by atoms with Crippen LogP contribution in [0, 0.1) is 0 Å². The SMILES string of the molecule is O=C(c1ccc(Cl)cc1Cl)N(CC(=O)N1CCc2sccc2C1c1ccc(Cl)cc1)C1CC1. The standard InChI is InChI=1S/C25H21Cl3N2O2S/c26-16-3-1-15(2-4-16)24-20-10-12-33-22(20)9-11-29(24)23(31)14-30(18-6-7-18)25(32)19-8-5-17(27)13-21(19)28/h1-5,8,10,12-13,18,24H,6-7,9,11,14H2. The normalized spacial score (nSPS) is 17.5. The molecule has 2 aliphatic rings. The van der Waals surface area contributed by atoms with Gasteiger partial charge in [0.25, 0.3) is 5.91 Å². The molecule has 4 nitrogen and oxygen atoms in total. The third kappa shape index (κ3) is 4.65. The second-order valence-corrected chi connectivity index (χ2v) is 10.7. The minimum Gasteiger partial charge on any atom is -0.330 e. The number of amides is 2. The van der Waals surface area contributed by atoms with E-state index < -0.39 is 0 Å². The number of fused-ring (bicyclic) bond motifs is 1. The lowest BCUT2D eigenvalue weighted by molar-refractivity contribution is -0.134. The summed E-state index contributed by atoms with van der Waals surface area (Å²) in [6.07, 6.45) is 2.59. The number of nitrogens with zero attached hydrogens (tertiary/aromatic N) is 2. The van der Waals surface area contributed by atoms with Crippen LogP contribution in [0.25, 0.3) is 0 Å². The van der Waals surface area contributed by atoms with Gasteiger partial charge in [-0.2, -0.15) is 0 Å². The van der Waals surface area contributed by atoms with Gasteiger partial charge in [-0.15, -0.1) is 11.3 Å². The molecule has 2 heterocycles. The molecule has 3 aromatic rings. The molecule has 1 atom stereocenters. The first-order valence-electron chi connectivity index (χ1n) is 10.8. The summed E-state index contributed by atoms with van der Waals surface area (Å²) >= 11 is 20.1. The second-order valence-electron chi connectivity index (χ2n) is 8.38. The number of halogens is 3. The average molecular weight is 520 g/mol. The van der Waals surface area contributed by atoms with E-state index in [2.05, 4.69) is 11.4 Å². The Morgan fingerprint density at radius 2 is 1.73 bits per heavy atom. The molecule has 1 aliphatic heterocycles. The molecule has 0 saturated heterocycles. The van der Waals surface area contributed by atoms with Crippen LogP contribution in [0.15, 0.2) is 53.9 Å². The van der Waals surface area contributed by atoms with Crippen molar-refractivity contribution in [1.29, 1.82) is 0 Å². The number of benzene rings is 2. The first-order valence-corrected chi connectivity index (χ1v) is 12.8. The van der Waals surface area contributed by atoms with Gasteiger partial charge in [-0.05, 0) is 72.2 Å². The molecule has 170 valence electrons. The second kappa shape index (κ2) is 9.30. The van der Waals surface area contributed by atoms with Gasteiger partial charge in [-0.1, -0.05) is 46.9 Å². The zero-order chi connectivity index (χ0) is 23.1. The van der Waals surface area contributed by atoms with Crippen molar-refractivity contribution in [2.24, 2.45) is 0 Å². The lowest BCUT2D eigenvalue weighted by Crippen LogP contribution is -2.47. The summed E-state index contributed by atoms with van der Waals surface area (Å²) in [7, 11) is 0. The van der Waals surface area contributed by atoms with Gasteiger partial charge in [-0.25, -0.2) is 0 Å². The van der Waals surface area contributed by atoms with E-state index in [9.17, 15) is 9.59 Å². The van der Waals surface area contributed by atoms with Gasteiger partial charge in [0, 0.05) is 27.5 Å². The van der Waals surface area contributed by atoms with E-state index >= 15 is 0 Å². The highest BCUT2D eigenvalue weighted by Gasteiger charge is 2.38. The van der Waals surface area contributed by atoms with Crippen molar-refractivity contribution in [2.45, 2.75) is 31.3 Å². The molecule has 5 rings (SSSR count). The highest BCUT2D eigenvalue weighted by molar-refractivity contribution is 7.10. The quantitative estimate of drug-likeness (QED) is 0.387. The zero-order valence-corrected chi connectivity index (χ0v) is 20.7. The number of carbonyl (C=O) groups is 2. The van der Waals surface area contributed by atoms with Crippen molar-refractivity contribution in [3.8, 4) is 0 Å². The molecule has 1 saturated carbocycles. The maximum atomic E-state index is 13.7. The summed E-state index contributed by atoms with van der Waals surface area (Å²) in [5.41, 5.74) is 2.53. The minimum atomic E-state index is -0.233. The maximum Gasteiger partial charge on any atom is 0.256 e. The Balaban J connectivity index is 1.43. The van der Waals surface area contributed by atoms with Crippen LogP contribution in [-0.2, 0) is 11.2 Å². The number of hydrogen-bond acceptors (Lipinski definition) is 3. The van der Waals surface area contributed by atoms with Gasteiger partial charge in [0.15, 0.2) is 0 Å². The largest absolute Gasteiger partial charge is 0.330 e. The molecule has 1 fully saturated rings. The third-order valence-corrected chi connectivity index (χ3v) is 7.98. The predicted octanol–water partition coefficient (Wildman–Crippen LogP) is 6.49. The van der Waals surface area contributed by atoms with Gasteiger partial charge >= 0.3 is 0 Å². The summed E-state index contributed by atoms with van der Waals surface area (Å²) in [5.74, 6) is -0.305. The molecule has 0 radical (unpaired) electrons. The average Bonchev–Trinajstić information content (AvgIpc) is 3.52. The highest BCUT2D eigenvalue weighted by atomic mass is 35.5. The van der Waals surface area contributed by atoms with E-state index in [0.29, 0.717) is 27.2 Å². The molecule has 1 unspecified atom stereocenters. The van der Waals surface area contributed by atoms with E-state index in [4.69, 9.17) is 34.8 Å². The summed E-state index contributed by atoms with van der Waals surface area (Å²) in [6.45, 7) is 0.625. The molecule has 0 bridgehead atoms. The van der Waals surface area contributed by atoms with Gasteiger partial charge in [0.2, 0.25) is 5.91 Å². The number of thiophene rings is 1. The van der Waals surface area contributed by atoms with Gasteiger partial charge in [-0.3, -0.25) is 9.59 Å². The summed E-state index contributed by atoms with van der Waals surface area (Å²) < 4.78 is 0. The molecular weight excluding hydrogens is 499 g/mol. The molecule has 8 heteroatoms. The van der Waals surface area contributed by atoms with E-state index in [-0.39, 0.29) is 30.4 Å². The number of rotatable bonds is 5. The van der Waals surface area contributed by atoms with Crippen LogP contribution in [0.2, 0.25) is 15.1 Å². The first-order chi connectivity index (χ1) is 15.9. The van der Waals surface area contributed by atoms with E-state index in [1.165, 1.54) is 4.88 Å². The van der Waals surface area contributed by atoms with Gasteiger partial charge in [0.1, 0.15) is 6.54 Å². The van der Waals surface area contributed by atoms with Gasteiger partial charge in [0.05, 0.1) is 16.6 Å². The fourth-order valence-corrected chi connectivity index (χ4v) is 5.92. The lowest BCUT2D eigenvalue weighted by atomic mass is 9.93. The Bertz CT molecular complexity index is 1210. The van der Waals surface area contributed by atoms with Crippen molar-refractivity contribution in [3.63, 3.8) is 0 Å². The fraction of sp³-hybridized carbons (Fsp3) is 0.280. The molecule has 0 spiro atoms. The minimum absolute atomic E-state index is 0.0199.